The quantitative estimate of drug-likeness (QED) is 0.769. The van der Waals surface area contributed by atoms with E-state index < -0.39 is 17.9 Å². The molecule has 0 fully saturated rings. The van der Waals surface area contributed by atoms with Gasteiger partial charge in [0.2, 0.25) is 11.8 Å². The van der Waals surface area contributed by atoms with Gasteiger partial charge in [-0.1, -0.05) is 60.7 Å². The Morgan fingerprint density at radius 2 is 1.44 bits per heavy atom. The normalized spacial score (nSPS) is 12.0. The van der Waals surface area contributed by atoms with Crippen LogP contribution >= 0.6 is 0 Å². The molecule has 0 aliphatic carbocycles. The number of hydrogen-bond donors (Lipinski definition) is 2. The van der Waals surface area contributed by atoms with Crippen LogP contribution in [-0.2, 0) is 9.59 Å². The molecule has 0 bridgehead atoms. The van der Waals surface area contributed by atoms with E-state index in [1.807, 2.05) is 60.7 Å². The summed E-state index contributed by atoms with van der Waals surface area (Å²) in [6.07, 6.45) is 1.09. The Balaban J connectivity index is 2.36. The highest BCUT2D eigenvalue weighted by Crippen LogP contribution is 2.27. The van der Waals surface area contributed by atoms with Crippen LogP contribution in [0.3, 0.4) is 0 Å². The average molecular weight is 339 g/mol. The fraction of sp³-hybridized carbons (Fsp3) is 0.300. The third-order valence-electron chi connectivity index (χ3n) is 4.34. The number of hydrogen-bond acceptors (Lipinski definition) is 3. The fourth-order valence-corrected chi connectivity index (χ4v) is 2.96. The molecule has 4 N–H and O–H groups in total. The van der Waals surface area contributed by atoms with Gasteiger partial charge in [-0.3, -0.25) is 9.59 Å². The lowest BCUT2D eigenvalue weighted by atomic mass is 9.89. The summed E-state index contributed by atoms with van der Waals surface area (Å²) in [7, 11) is 1.63. The molecule has 0 aliphatic heterocycles. The largest absolute Gasteiger partial charge is 0.368 e. The third-order valence-corrected chi connectivity index (χ3v) is 4.34. The smallest absolute Gasteiger partial charge is 0.240 e. The van der Waals surface area contributed by atoms with Crippen molar-refractivity contribution in [2.75, 3.05) is 13.6 Å². The van der Waals surface area contributed by atoms with Gasteiger partial charge < -0.3 is 16.4 Å². The lowest BCUT2D eigenvalue weighted by molar-refractivity contribution is -0.138. The van der Waals surface area contributed by atoms with E-state index in [2.05, 4.69) is 0 Å². The minimum absolute atomic E-state index is 0.154. The van der Waals surface area contributed by atoms with E-state index in [-0.39, 0.29) is 5.91 Å². The highest BCUT2D eigenvalue weighted by atomic mass is 16.2. The first kappa shape index (κ1) is 18.7. The van der Waals surface area contributed by atoms with Crippen LogP contribution in [0.25, 0.3) is 0 Å². The van der Waals surface area contributed by atoms with E-state index in [1.165, 1.54) is 4.90 Å². The van der Waals surface area contributed by atoms with E-state index in [0.717, 1.165) is 11.1 Å². The number of nitrogens with two attached hydrogens (primary N) is 2. The van der Waals surface area contributed by atoms with Gasteiger partial charge in [-0.15, -0.1) is 0 Å². The van der Waals surface area contributed by atoms with Gasteiger partial charge in [0.1, 0.15) is 6.04 Å². The van der Waals surface area contributed by atoms with E-state index in [0.29, 0.717) is 19.4 Å². The molecule has 5 nitrogen and oxygen atoms in total. The van der Waals surface area contributed by atoms with Crippen molar-refractivity contribution in [3.63, 3.8) is 0 Å². The van der Waals surface area contributed by atoms with Gasteiger partial charge in [0.15, 0.2) is 0 Å². The standard InChI is InChI=1S/C20H25N3O2/c1-23(17(19(22)24)13-8-14-21)20(25)18(15-9-4-2-5-10-15)16-11-6-3-7-12-16/h2-7,9-12,17-18H,8,13-14,21H2,1H3,(H2,22,24)/t17-/m0/s1. The van der Waals surface area contributed by atoms with Gasteiger partial charge in [0.25, 0.3) is 0 Å². The SMILES string of the molecule is CN(C(=O)C(c1ccccc1)c1ccccc1)[C@@H](CCCN)C(N)=O. The molecule has 0 unspecified atom stereocenters. The highest BCUT2D eigenvalue weighted by Gasteiger charge is 2.31. The fourth-order valence-electron chi connectivity index (χ4n) is 2.96. The molecule has 0 aliphatic rings. The summed E-state index contributed by atoms with van der Waals surface area (Å²) in [5.41, 5.74) is 12.8. The Kier molecular flexibility index (Phi) is 6.71. The molecular weight excluding hydrogens is 314 g/mol. The maximum absolute atomic E-state index is 13.2. The number of benzene rings is 2. The Labute approximate surface area is 148 Å². The average Bonchev–Trinajstić information content (AvgIpc) is 2.63. The summed E-state index contributed by atoms with van der Waals surface area (Å²) in [5.74, 6) is -1.14. The van der Waals surface area contributed by atoms with Gasteiger partial charge in [0.05, 0.1) is 5.92 Å². The molecule has 1 atom stereocenters. The molecule has 2 rings (SSSR count). The van der Waals surface area contributed by atoms with E-state index in [1.54, 1.807) is 7.05 Å². The second-order valence-electron chi connectivity index (χ2n) is 6.05. The van der Waals surface area contributed by atoms with Crippen LogP contribution in [0, 0.1) is 0 Å². The number of likely N-dealkylation sites (N-methyl/N-ethyl adjacent to an activating group) is 1. The van der Waals surface area contributed by atoms with Gasteiger partial charge in [-0.25, -0.2) is 0 Å². The predicted molar refractivity (Wildman–Crippen MR) is 98.8 cm³/mol. The third kappa shape index (κ3) is 4.67. The highest BCUT2D eigenvalue weighted by molar-refractivity contribution is 5.91. The summed E-state index contributed by atoms with van der Waals surface area (Å²) >= 11 is 0. The van der Waals surface area contributed by atoms with Crippen LogP contribution in [0.4, 0.5) is 0 Å². The van der Waals surface area contributed by atoms with Gasteiger partial charge in [0, 0.05) is 7.05 Å². The number of carbonyl (C=O) groups excluding carboxylic acids is 2. The topological polar surface area (TPSA) is 89.4 Å². The first-order chi connectivity index (χ1) is 12.1. The van der Waals surface area contributed by atoms with Gasteiger partial charge in [-0.05, 0) is 30.5 Å². The second-order valence-corrected chi connectivity index (χ2v) is 6.05. The van der Waals surface area contributed by atoms with Crippen molar-refractivity contribution in [2.45, 2.75) is 24.8 Å². The maximum Gasteiger partial charge on any atom is 0.240 e. The summed E-state index contributed by atoms with van der Waals surface area (Å²) < 4.78 is 0. The molecule has 0 saturated carbocycles. The first-order valence-corrected chi connectivity index (χ1v) is 8.42. The lowest BCUT2D eigenvalue weighted by Gasteiger charge is -2.30. The van der Waals surface area contributed by atoms with Crippen molar-refractivity contribution < 1.29 is 9.59 Å². The maximum atomic E-state index is 13.2. The summed E-state index contributed by atoms with van der Waals surface area (Å²) in [6, 6.07) is 18.4. The van der Waals surface area contributed by atoms with Crippen LogP contribution < -0.4 is 11.5 Å². The Bertz CT molecular complexity index is 649. The van der Waals surface area contributed by atoms with Crippen molar-refractivity contribution in [3.8, 4) is 0 Å². The molecular formula is C20H25N3O2. The number of carbonyl (C=O) groups is 2. The molecule has 5 heteroatoms. The van der Waals surface area contributed by atoms with Gasteiger partial charge in [-0.2, -0.15) is 0 Å². The lowest BCUT2D eigenvalue weighted by Crippen LogP contribution is -2.47. The number of amides is 2. The number of rotatable bonds is 8. The Morgan fingerprint density at radius 1 is 0.960 bits per heavy atom. The number of primary amides is 1. The van der Waals surface area contributed by atoms with Crippen molar-refractivity contribution in [2.24, 2.45) is 11.5 Å². The van der Waals surface area contributed by atoms with E-state index in [4.69, 9.17) is 11.5 Å². The van der Waals surface area contributed by atoms with Crippen LogP contribution in [0.15, 0.2) is 60.7 Å². The molecule has 0 spiro atoms. The molecule has 2 amide bonds. The Morgan fingerprint density at radius 3 is 1.84 bits per heavy atom. The zero-order valence-corrected chi connectivity index (χ0v) is 14.5. The van der Waals surface area contributed by atoms with Crippen LogP contribution in [0.2, 0.25) is 0 Å². The molecule has 2 aromatic carbocycles. The van der Waals surface area contributed by atoms with Crippen LogP contribution in [0.1, 0.15) is 29.9 Å². The van der Waals surface area contributed by atoms with E-state index in [9.17, 15) is 9.59 Å². The molecule has 2 aromatic rings. The summed E-state index contributed by atoms with van der Waals surface area (Å²) in [5, 5.41) is 0. The summed E-state index contributed by atoms with van der Waals surface area (Å²) in [4.78, 5) is 26.5. The van der Waals surface area contributed by atoms with Crippen molar-refractivity contribution in [3.05, 3.63) is 71.8 Å². The Hall–Kier alpha value is -2.66. The molecule has 0 aromatic heterocycles. The predicted octanol–water partition coefficient (Wildman–Crippen LogP) is 1.87. The van der Waals surface area contributed by atoms with Crippen LogP contribution in [0.5, 0.6) is 0 Å². The molecule has 25 heavy (non-hydrogen) atoms. The second kappa shape index (κ2) is 8.99. The first-order valence-electron chi connectivity index (χ1n) is 8.42. The van der Waals surface area contributed by atoms with Gasteiger partial charge >= 0.3 is 0 Å². The minimum atomic E-state index is -0.661. The zero-order chi connectivity index (χ0) is 18.2. The molecule has 0 heterocycles. The van der Waals surface area contributed by atoms with Crippen LogP contribution in [-0.4, -0.2) is 36.3 Å². The summed E-state index contributed by atoms with van der Waals surface area (Å²) in [6.45, 7) is 0.451. The van der Waals surface area contributed by atoms with Crippen molar-refractivity contribution in [1.29, 1.82) is 0 Å². The van der Waals surface area contributed by atoms with Crippen molar-refractivity contribution in [1.82, 2.24) is 4.90 Å². The minimum Gasteiger partial charge on any atom is -0.368 e. The molecule has 0 saturated heterocycles. The van der Waals surface area contributed by atoms with Crippen molar-refractivity contribution >= 4 is 11.8 Å². The van der Waals surface area contributed by atoms with E-state index >= 15 is 0 Å². The zero-order valence-electron chi connectivity index (χ0n) is 14.5. The molecule has 132 valence electrons. The monoisotopic (exact) mass is 339 g/mol. The molecule has 0 radical (unpaired) electrons. The number of nitrogens with zero attached hydrogens (tertiary/aromatic N) is 1.